The summed E-state index contributed by atoms with van der Waals surface area (Å²) in [7, 11) is 3.66. The number of para-hydroxylation sites is 1. The first-order valence-corrected chi connectivity index (χ1v) is 8.12. The summed E-state index contributed by atoms with van der Waals surface area (Å²) >= 11 is 0. The van der Waals surface area contributed by atoms with Crippen LogP contribution in [0.1, 0.15) is 10.6 Å². The van der Waals surface area contributed by atoms with Gasteiger partial charge < -0.3 is 24.7 Å². The highest BCUT2D eigenvalue weighted by molar-refractivity contribution is 5.91. The van der Waals surface area contributed by atoms with Crippen molar-refractivity contribution in [2.24, 2.45) is 4.99 Å². The van der Waals surface area contributed by atoms with Gasteiger partial charge in [0.25, 0.3) is 5.91 Å². The SMILES string of the molecule is CN=C(NCCNC(=O)c1ccco1)N(C)CCOc1ccccc1. The van der Waals surface area contributed by atoms with Crippen molar-refractivity contribution >= 4 is 11.9 Å². The first-order chi connectivity index (χ1) is 12.2. The first-order valence-electron chi connectivity index (χ1n) is 8.12. The molecule has 0 unspecified atom stereocenters. The zero-order chi connectivity index (χ0) is 17.9. The Hall–Kier alpha value is -2.96. The first kappa shape index (κ1) is 18.4. The third-order valence-corrected chi connectivity index (χ3v) is 3.45. The van der Waals surface area contributed by atoms with Gasteiger partial charge in [-0.1, -0.05) is 18.2 Å². The highest BCUT2D eigenvalue weighted by Gasteiger charge is 2.08. The molecule has 1 heterocycles. The van der Waals surface area contributed by atoms with Gasteiger partial charge in [0.2, 0.25) is 0 Å². The Morgan fingerprint density at radius 1 is 1.16 bits per heavy atom. The number of aliphatic imine (C=N–C) groups is 1. The summed E-state index contributed by atoms with van der Waals surface area (Å²) in [6, 6.07) is 13.0. The molecule has 0 aliphatic carbocycles. The van der Waals surface area contributed by atoms with E-state index in [-0.39, 0.29) is 5.91 Å². The second kappa shape index (κ2) is 10.0. The molecule has 0 radical (unpaired) electrons. The largest absolute Gasteiger partial charge is 0.492 e. The van der Waals surface area contributed by atoms with Crippen LogP contribution in [0.4, 0.5) is 0 Å². The summed E-state index contributed by atoms with van der Waals surface area (Å²) in [4.78, 5) is 17.9. The average molecular weight is 344 g/mol. The molecular formula is C18H24N4O3. The van der Waals surface area contributed by atoms with Gasteiger partial charge in [-0.2, -0.15) is 0 Å². The fourth-order valence-corrected chi connectivity index (χ4v) is 2.15. The maximum atomic E-state index is 11.7. The predicted molar refractivity (Wildman–Crippen MR) is 97.0 cm³/mol. The number of nitrogens with one attached hydrogen (secondary N) is 2. The summed E-state index contributed by atoms with van der Waals surface area (Å²) in [5.74, 6) is 1.66. The van der Waals surface area contributed by atoms with Crippen molar-refractivity contribution in [3.8, 4) is 5.75 Å². The van der Waals surface area contributed by atoms with Gasteiger partial charge in [0.05, 0.1) is 12.8 Å². The normalized spacial score (nSPS) is 11.0. The zero-order valence-electron chi connectivity index (χ0n) is 14.6. The molecule has 2 aromatic rings. The van der Waals surface area contributed by atoms with E-state index in [1.807, 2.05) is 42.3 Å². The molecule has 7 heteroatoms. The maximum absolute atomic E-state index is 11.7. The monoisotopic (exact) mass is 344 g/mol. The predicted octanol–water partition coefficient (Wildman–Crippen LogP) is 1.60. The van der Waals surface area contributed by atoms with Crippen molar-refractivity contribution in [1.82, 2.24) is 15.5 Å². The molecule has 0 aliphatic rings. The lowest BCUT2D eigenvalue weighted by molar-refractivity contribution is 0.0926. The minimum absolute atomic E-state index is 0.230. The van der Waals surface area contributed by atoms with E-state index in [0.29, 0.717) is 32.0 Å². The van der Waals surface area contributed by atoms with Gasteiger partial charge in [0.1, 0.15) is 12.4 Å². The molecule has 1 aromatic carbocycles. The Labute approximate surface area is 147 Å². The average Bonchev–Trinajstić information content (AvgIpc) is 3.17. The van der Waals surface area contributed by atoms with Gasteiger partial charge in [0, 0.05) is 27.2 Å². The molecule has 2 rings (SSSR count). The molecule has 2 N–H and O–H groups in total. The number of amides is 1. The van der Waals surface area contributed by atoms with E-state index >= 15 is 0 Å². The topological polar surface area (TPSA) is 79.1 Å². The molecule has 0 saturated heterocycles. The summed E-state index contributed by atoms with van der Waals surface area (Å²) in [5.41, 5.74) is 0. The molecule has 0 saturated carbocycles. The van der Waals surface area contributed by atoms with E-state index < -0.39 is 0 Å². The summed E-state index contributed by atoms with van der Waals surface area (Å²) in [6.45, 7) is 2.26. The molecule has 0 bridgehead atoms. The fraction of sp³-hybridized carbons (Fsp3) is 0.333. The van der Waals surface area contributed by atoms with E-state index in [1.165, 1.54) is 6.26 Å². The summed E-state index contributed by atoms with van der Waals surface area (Å²) in [5, 5.41) is 5.97. The van der Waals surface area contributed by atoms with Crippen LogP contribution >= 0.6 is 0 Å². The molecular weight excluding hydrogens is 320 g/mol. The van der Waals surface area contributed by atoms with Crippen LogP contribution < -0.4 is 15.4 Å². The number of hydrogen-bond acceptors (Lipinski definition) is 4. The van der Waals surface area contributed by atoms with E-state index in [1.54, 1.807) is 19.2 Å². The number of furan rings is 1. The molecule has 0 spiro atoms. The minimum atomic E-state index is -0.230. The second-order valence-electron chi connectivity index (χ2n) is 5.29. The van der Waals surface area contributed by atoms with Gasteiger partial charge in [0.15, 0.2) is 11.7 Å². The van der Waals surface area contributed by atoms with Crippen LogP contribution in [0.5, 0.6) is 5.75 Å². The van der Waals surface area contributed by atoms with Crippen molar-refractivity contribution in [2.45, 2.75) is 0 Å². The van der Waals surface area contributed by atoms with E-state index in [0.717, 1.165) is 11.7 Å². The number of likely N-dealkylation sites (N-methyl/N-ethyl adjacent to an activating group) is 1. The summed E-state index contributed by atoms with van der Waals surface area (Å²) in [6.07, 6.45) is 1.47. The number of carbonyl (C=O) groups is 1. The van der Waals surface area contributed by atoms with Crippen molar-refractivity contribution in [1.29, 1.82) is 0 Å². The molecule has 0 atom stereocenters. The Kier molecular flexibility index (Phi) is 7.37. The Morgan fingerprint density at radius 3 is 2.60 bits per heavy atom. The Bertz CT molecular complexity index is 656. The number of guanidine groups is 1. The van der Waals surface area contributed by atoms with E-state index in [2.05, 4.69) is 15.6 Å². The van der Waals surface area contributed by atoms with Crippen LogP contribution in [0.2, 0.25) is 0 Å². The van der Waals surface area contributed by atoms with Crippen molar-refractivity contribution in [3.05, 3.63) is 54.5 Å². The third kappa shape index (κ3) is 6.21. The quantitative estimate of drug-likeness (QED) is 0.432. The lowest BCUT2D eigenvalue weighted by Gasteiger charge is -2.22. The molecule has 0 aliphatic heterocycles. The standard InChI is InChI=1S/C18H24N4O3/c1-19-18(21-11-10-20-17(23)16-9-6-13-25-16)22(2)12-14-24-15-7-4-3-5-8-15/h3-9,13H,10-12,14H2,1-2H3,(H,19,21)(H,20,23). The van der Waals surface area contributed by atoms with Crippen LogP contribution in [-0.2, 0) is 0 Å². The lowest BCUT2D eigenvalue weighted by atomic mass is 10.3. The molecule has 0 fully saturated rings. The van der Waals surface area contributed by atoms with Gasteiger partial charge in [-0.05, 0) is 24.3 Å². The Balaban J connectivity index is 1.64. The van der Waals surface area contributed by atoms with Crippen LogP contribution in [0.15, 0.2) is 58.1 Å². The van der Waals surface area contributed by atoms with E-state index in [9.17, 15) is 4.79 Å². The highest BCUT2D eigenvalue weighted by atomic mass is 16.5. The number of benzene rings is 1. The van der Waals surface area contributed by atoms with Crippen molar-refractivity contribution < 1.29 is 13.9 Å². The second-order valence-corrected chi connectivity index (χ2v) is 5.29. The number of carbonyl (C=O) groups excluding carboxylic acids is 1. The van der Waals surface area contributed by atoms with Gasteiger partial charge in [-0.15, -0.1) is 0 Å². The van der Waals surface area contributed by atoms with Crippen molar-refractivity contribution in [2.75, 3.05) is 40.3 Å². The van der Waals surface area contributed by atoms with Gasteiger partial charge in [-0.3, -0.25) is 9.79 Å². The third-order valence-electron chi connectivity index (χ3n) is 3.45. The van der Waals surface area contributed by atoms with Gasteiger partial charge in [-0.25, -0.2) is 0 Å². The van der Waals surface area contributed by atoms with Crippen molar-refractivity contribution in [3.63, 3.8) is 0 Å². The molecule has 25 heavy (non-hydrogen) atoms. The van der Waals surface area contributed by atoms with Crippen LogP contribution in [0.3, 0.4) is 0 Å². The Morgan fingerprint density at radius 2 is 1.92 bits per heavy atom. The van der Waals surface area contributed by atoms with Crippen LogP contribution in [0, 0.1) is 0 Å². The highest BCUT2D eigenvalue weighted by Crippen LogP contribution is 2.07. The number of ether oxygens (including phenoxy) is 1. The molecule has 134 valence electrons. The van der Waals surface area contributed by atoms with Crippen LogP contribution in [-0.4, -0.2) is 57.1 Å². The smallest absolute Gasteiger partial charge is 0.287 e. The fourth-order valence-electron chi connectivity index (χ4n) is 2.15. The minimum Gasteiger partial charge on any atom is -0.492 e. The lowest BCUT2D eigenvalue weighted by Crippen LogP contribution is -2.43. The summed E-state index contributed by atoms with van der Waals surface area (Å²) < 4.78 is 10.7. The van der Waals surface area contributed by atoms with Crippen LogP contribution in [0.25, 0.3) is 0 Å². The molecule has 7 nitrogen and oxygen atoms in total. The molecule has 1 aromatic heterocycles. The number of nitrogens with zero attached hydrogens (tertiary/aromatic N) is 2. The zero-order valence-corrected chi connectivity index (χ0v) is 14.6. The number of hydrogen-bond donors (Lipinski definition) is 2. The maximum Gasteiger partial charge on any atom is 0.287 e. The van der Waals surface area contributed by atoms with Gasteiger partial charge >= 0.3 is 0 Å². The van der Waals surface area contributed by atoms with E-state index in [4.69, 9.17) is 9.15 Å². The number of rotatable bonds is 8. The molecule has 1 amide bonds.